The molecule has 0 atom stereocenters. The van der Waals surface area contributed by atoms with E-state index in [0.717, 1.165) is 18.8 Å². The number of nitrogens with zero attached hydrogens (tertiary/aromatic N) is 1. The van der Waals surface area contributed by atoms with Crippen LogP contribution in [0.25, 0.3) is 0 Å². The maximum atomic E-state index is 5.49. The third kappa shape index (κ3) is 3.68. The molecule has 17 heavy (non-hydrogen) atoms. The second kappa shape index (κ2) is 6.57. The van der Waals surface area contributed by atoms with E-state index in [4.69, 9.17) is 9.47 Å². The summed E-state index contributed by atoms with van der Waals surface area (Å²) in [7, 11) is 1.67. The molecule has 0 saturated carbocycles. The van der Waals surface area contributed by atoms with Gasteiger partial charge >= 0.3 is 0 Å². The number of methoxy groups -OCH3 is 1. The summed E-state index contributed by atoms with van der Waals surface area (Å²) in [5.74, 6) is 1.42. The van der Waals surface area contributed by atoms with Gasteiger partial charge in [0.2, 0.25) is 0 Å². The molecular weight excluding hydrogens is 216 g/mol. The summed E-state index contributed by atoms with van der Waals surface area (Å²) < 4.78 is 10.4. The molecule has 0 spiro atoms. The van der Waals surface area contributed by atoms with Crippen LogP contribution in [0.15, 0.2) is 18.3 Å². The number of piperidine rings is 1. The molecule has 0 amide bonds. The topological polar surface area (TPSA) is 43.4 Å². The molecular formula is C13H20N2O2. The zero-order valence-corrected chi connectivity index (χ0v) is 10.3. The molecule has 0 bridgehead atoms. The Kier molecular flexibility index (Phi) is 4.76. The molecule has 1 fully saturated rings. The average Bonchev–Trinajstić information content (AvgIpc) is 2.41. The van der Waals surface area contributed by atoms with Gasteiger partial charge in [0.1, 0.15) is 12.4 Å². The van der Waals surface area contributed by atoms with Gasteiger partial charge in [-0.3, -0.25) is 4.98 Å². The first kappa shape index (κ1) is 12.3. The first-order valence-electron chi connectivity index (χ1n) is 6.18. The summed E-state index contributed by atoms with van der Waals surface area (Å²) in [6.07, 6.45) is 4.17. The molecule has 0 radical (unpaired) electrons. The van der Waals surface area contributed by atoms with Gasteiger partial charge in [0.15, 0.2) is 0 Å². The number of nitrogens with one attached hydrogen (secondary N) is 1. The molecule has 4 heteroatoms. The minimum absolute atomic E-state index is 0.574. The Labute approximate surface area is 102 Å². The molecule has 1 N–H and O–H groups in total. The highest BCUT2D eigenvalue weighted by atomic mass is 16.5. The van der Waals surface area contributed by atoms with Gasteiger partial charge in [-0.15, -0.1) is 0 Å². The minimum Gasteiger partial charge on any atom is -0.490 e. The number of rotatable bonds is 5. The van der Waals surface area contributed by atoms with Crippen molar-refractivity contribution in [2.24, 2.45) is 0 Å². The van der Waals surface area contributed by atoms with Crippen LogP contribution >= 0.6 is 0 Å². The predicted molar refractivity (Wildman–Crippen MR) is 66.5 cm³/mol. The Morgan fingerprint density at radius 3 is 2.76 bits per heavy atom. The van der Waals surface area contributed by atoms with E-state index in [1.165, 1.54) is 18.5 Å². The van der Waals surface area contributed by atoms with Crippen molar-refractivity contribution in [2.45, 2.75) is 18.8 Å². The normalized spacial score (nSPS) is 17.0. The fraction of sp³-hybridized carbons (Fsp3) is 0.615. The van der Waals surface area contributed by atoms with Gasteiger partial charge in [-0.2, -0.15) is 0 Å². The van der Waals surface area contributed by atoms with Crippen LogP contribution < -0.4 is 10.1 Å². The van der Waals surface area contributed by atoms with Crippen LogP contribution in [0, 0.1) is 0 Å². The first-order valence-corrected chi connectivity index (χ1v) is 6.18. The van der Waals surface area contributed by atoms with E-state index < -0.39 is 0 Å². The highest BCUT2D eigenvalue weighted by Crippen LogP contribution is 2.24. The first-order chi connectivity index (χ1) is 8.40. The van der Waals surface area contributed by atoms with Gasteiger partial charge in [0.05, 0.1) is 12.8 Å². The van der Waals surface area contributed by atoms with E-state index >= 15 is 0 Å². The summed E-state index contributed by atoms with van der Waals surface area (Å²) in [6.45, 7) is 3.37. The Bertz CT molecular complexity index is 321. The lowest BCUT2D eigenvalue weighted by atomic mass is 9.94. The third-order valence-corrected chi connectivity index (χ3v) is 3.07. The van der Waals surface area contributed by atoms with Gasteiger partial charge in [-0.1, -0.05) is 0 Å². The molecule has 1 aromatic heterocycles. The summed E-state index contributed by atoms with van der Waals surface area (Å²) >= 11 is 0. The number of hydrogen-bond donors (Lipinski definition) is 1. The largest absolute Gasteiger partial charge is 0.490 e. The van der Waals surface area contributed by atoms with Crippen molar-refractivity contribution in [2.75, 3.05) is 33.4 Å². The molecule has 2 rings (SSSR count). The minimum atomic E-state index is 0.574. The second-order valence-electron chi connectivity index (χ2n) is 4.28. The van der Waals surface area contributed by atoms with Crippen LogP contribution in [0.4, 0.5) is 0 Å². The summed E-state index contributed by atoms with van der Waals surface area (Å²) in [4.78, 5) is 4.49. The molecule has 0 unspecified atom stereocenters. The van der Waals surface area contributed by atoms with Gasteiger partial charge in [-0.25, -0.2) is 0 Å². The Morgan fingerprint density at radius 2 is 2.12 bits per heavy atom. The zero-order chi connectivity index (χ0) is 11.9. The van der Waals surface area contributed by atoms with E-state index in [-0.39, 0.29) is 0 Å². The fourth-order valence-corrected chi connectivity index (χ4v) is 2.08. The van der Waals surface area contributed by atoms with Crippen LogP contribution in [0.3, 0.4) is 0 Å². The van der Waals surface area contributed by atoms with Crippen molar-refractivity contribution >= 4 is 0 Å². The van der Waals surface area contributed by atoms with Gasteiger partial charge in [-0.05, 0) is 38.1 Å². The third-order valence-electron chi connectivity index (χ3n) is 3.07. The van der Waals surface area contributed by atoms with Gasteiger partial charge in [0, 0.05) is 18.7 Å². The number of pyridine rings is 1. The standard InChI is InChI=1S/C13H20N2O2/c1-16-8-9-17-12-2-3-13(15-10-12)11-4-6-14-7-5-11/h2-3,10-11,14H,4-9H2,1H3. The lowest BCUT2D eigenvalue weighted by Crippen LogP contribution is -2.27. The maximum absolute atomic E-state index is 5.49. The Hall–Kier alpha value is -1.13. The summed E-state index contributed by atoms with van der Waals surface area (Å²) in [5.41, 5.74) is 1.19. The van der Waals surface area contributed by atoms with Crippen molar-refractivity contribution in [1.82, 2.24) is 10.3 Å². The number of aromatic nitrogens is 1. The Morgan fingerprint density at radius 1 is 1.29 bits per heavy atom. The second-order valence-corrected chi connectivity index (χ2v) is 4.28. The molecule has 94 valence electrons. The van der Waals surface area contributed by atoms with Gasteiger partial charge < -0.3 is 14.8 Å². The van der Waals surface area contributed by atoms with E-state index in [0.29, 0.717) is 19.1 Å². The molecule has 4 nitrogen and oxygen atoms in total. The number of hydrogen-bond acceptors (Lipinski definition) is 4. The molecule has 0 aromatic carbocycles. The van der Waals surface area contributed by atoms with E-state index in [1.807, 2.05) is 12.3 Å². The van der Waals surface area contributed by atoms with Gasteiger partial charge in [0.25, 0.3) is 0 Å². The van der Waals surface area contributed by atoms with E-state index in [2.05, 4.69) is 16.4 Å². The highest BCUT2D eigenvalue weighted by molar-refractivity contribution is 5.22. The smallest absolute Gasteiger partial charge is 0.137 e. The van der Waals surface area contributed by atoms with Crippen molar-refractivity contribution in [3.63, 3.8) is 0 Å². The van der Waals surface area contributed by atoms with E-state index in [9.17, 15) is 0 Å². The molecule has 0 aliphatic carbocycles. The lowest BCUT2D eigenvalue weighted by molar-refractivity contribution is 0.146. The quantitative estimate of drug-likeness (QED) is 0.788. The summed E-state index contributed by atoms with van der Waals surface area (Å²) in [6, 6.07) is 4.08. The monoisotopic (exact) mass is 236 g/mol. The van der Waals surface area contributed by atoms with Crippen molar-refractivity contribution in [3.8, 4) is 5.75 Å². The van der Waals surface area contributed by atoms with Crippen LogP contribution in [0.2, 0.25) is 0 Å². The van der Waals surface area contributed by atoms with Crippen LogP contribution in [-0.4, -0.2) is 38.4 Å². The average molecular weight is 236 g/mol. The van der Waals surface area contributed by atoms with Crippen molar-refractivity contribution < 1.29 is 9.47 Å². The van der Waals surface area contributed by atoms with Crippen LogP contribution in [0.1, 0.15) is 24.5 Å². The highest BCUT2D eigenvalue weighted by Gasteiger charge is 2.15. The number of ether oxygens (including phenoxy) is 2. The lowest BCUT2D eigenvalue weighted by Gasteiger charge is -2.22. The fourth-order valence-electron chi connectivity index (χ4n) is 2.08. The summed E-state index contributed by atoms with van der Waals surface area (Å²) in [5, 5.41) is 3.36. The maximum Gasteiger partial charge on any atom is 0.137 e. The molecule has 2 heterocycles. The molecule has 1 aromatic rings. The SMILES string of the molecule is COCCOc1ccc(C2CCNCC2)nc1. The zero-order valence-electron chi connectivity index (χ0n) is 10.3. The van der Waals surface area contributed by atoms with Crippen LogP contribution in [-0.2, 0) is 4.74 Å². The van der Waals surface area contributed by atoms with E-state index in [1.54, 1.807) is 7.11 Å². The van der Waals surface area contributed by atoms with Crippen molar-refractivity contribution in [3.05, 3.63) is 24.0 Å². The van der Waals surface area contributed by atoms with Crippen LogP contribution in [0.5, 0.6) is 5.75 Å². The van der Waals surface area contributed by atoms with Crippen molar-refractivity contribution in [1.29, 1.82) is 0 Å². The molecule has 1 aliphatic heterocycles. The predicted octanol–water partition coefficient (Wildman–Crippen LogP) is 1.57. The molecule has 1 aliphatic rings. The molecule has 1 saturated heterocycles. The Balaban J connectivity index is 1.88.